The fourth-order valence-corrected chi connectivity index (χ4v) is 8.13. The average Bonchev–Trinajstić information content (AvgIpc) is 3.28. The fourth-order valence-electron chi connectivity index (χ4n) is 8.13. The number of nitrogens with one attached hydrogen (secondary N) is 1. The highest BCUT2D eigenvalue weighted by Crippen LogP contribution is 2.58. The van der Waals surface area contributed by atoms with E-state index in [-0.39, 0.29) is 30.0 Å². The molecule has 1 aromatic carbocycles. The molecule has 166 valence electrons. The predicted molar refractivity (Wildman–Crippen MR) is 121 cm³/mol. The number of hydrogen-bond donors (Lipinski definition) is 1. The van der Waals surface area contributed by atoms with Crippen LogP contribution in [0.5, 0.6) is 5.75 Å². The molecule has 1 saturated heterocycles. The van der Waals surface area contributed by atoms with Crippen molar-refractivity contribution in [1.29, 1.82) is 0 Å². The molecular formula is C25H31ClN2O3. The highest BCUT2D eigenvalue weighted by atomic mass is 35.5. The van der Waals surface area contributed by atoms with E-state index >= 15 is 0 Å². The van der Waals surface area contributed by atoms with Gasteiger partial charge in [-0.3, -0.25) is 4.90 Å². The number of benzene rings is 1. The second-order valence-electron chi connectivity index (χ2n) is 10.8. The normalized spacial score (nSPS) is 39.3. The van der Waals surface area contributed by atoms with Crippen LogP contribution in [-0.2, 0) is 9.53 Å². The van der Waals surface area contributed by atoms with Crippen LogP contribution in [-0.4, -0.2) is 41.7 Å². The molecule has 2 aliphatic heterocycles. The minimum Gasteiger partial charge on any atom is -0.497 e. The molecule has 2 aromatic rings. The van der Waals surface area contributed by atoms with Crippen molar-refractivity contribution in [3.63, 3.8) is 0 Å². The highest BCUT2D eigenvalue weighted by Gasteiger charge is 2.54. The molecule has 8 rings (SSSR count). The first-order chi connectivity index (χ1) is 14.6. The standard InChI is InChI=1S/C25H30N2O3.ClH/c1-29-18-2-3-20-19(9-18)21-17-4-5-27(13-17)23(22(21)26-20)24(28)30-25-10-14-6-15(11-25)8-16(7-14)12-25;/h2-3,9,14-17,23,26H,4-8,10-13H2,1H3;1H. The molecule has 6 aliphatic rings. The summed E-state index contributed by atoms with van der Waals surface area (Å²) >= 11 is 0. The van der Waals surface area contributed by atoms with Crippen LogP contribution >= 0.6 is 12.4 Å². The Hall–Kier alpha value is -1.72. The number of methoxy groups -OCH3 is 1. The topological polar surface area (TPSA) is 54.6 Å². The van der Waals surface area contributed by atoms with Gasteiger partial charge in [-0.05, 0) is 93.0 Å². The largest absolute Gasteiger partial charge is 0.497 e. The third-order valence-corrected chi connectivity index (χ3v) is 8.87. The molecule has 0 amide bonds. The average molecular weight is 443 g/mol. The lowest BCUT2D eigenvalue weighted by atomic mass is 9.54. The van der Waals surface area contributed by atoms with Gasteiger partial charge in [0.1, 0.15) is 17.4 Å². The van der Waals surface area contributed by atoms with Crippen molar-refractivity contribution in [2.45, 2.75) is 62.5 Å². The quantitative estimate of drug-likeness (QED) is 0.683. The molecule has 5 fully saturated rings. The molecule has 1 aromatic heterocycles. The number of carbonyl (C=O) groups excluding carboxylic acids is 1. The maximum absolute atomic E-state index is 13.7. The number of carbonyl (C=O) groups is 1. The number of aromatic nitrogens is 1. The fraction of sp³-hybridized carbons (Fsp3) is 0.640. The minimum absolute atomic E-state index is 0. The molecule has 5 nitrogen and oxygen atoms in total. The number of halogens is 1. The van der Waals surface area contributed by atoms with E-state index in [1.165, 1.54) is 30.2 Å². The van der Waals surface area contributed by atoms with Crippen molar-refractivity contribution in [2.24, 2.45) is 17.8 Å². The van der Waals surface area contributed by atoms with Crippen molar-refractivity contribution in [1.82, 2.24) is 9.88 Å². The van der Waals surface area contributed by atoms with Crippen molar-refractivity contribution < 1.29 is 14.3 Å². The maximum Gasteiger partial charge on any atom is 0.330 e. The van der Waals surface area contributed by atoms with Gasteiger partial charge < -0.3 is 14.5 Å². The molecule has 31 heavy (non-hydrogen) atoms. The number of fused-ring (bicyclic) bond motifs is 6. The van der Waals surface area contributed by atoms with Crippen LogP contribution in [0.1, 0.15) is 68.2 Å². The second kappa shape index (κ2) is 6.89. The second-order valence-corrected chi connectivity index (χ2v) is 10.8. The van der Waals surface area contributed by atoms with Gasteiger partial charge in [0.25, 0.3) is 0 Å². The van der Waals surface area contributed by atoms with Gasteiger partial charge in [-0.15, -0.1) is 12.4 Å². The van der Waals surface area contributed by atoms with Gasteiger partial charge in [-0.2, -0.15) is 0 Å². The van der Waals surface area contributed by atoms with Gasteiger partial charge in [0.15, 0.2) is 0 Å². The number of ether oxygens (including phenoxy) is 2. The predicted octanol–water partition coefficient (Wildman–Crippen LogP) is 4.95. The summed E-state index contributed by atoms with van der Waals surface area (Å²) in [6.07, 6.45) is 8.48. The Bertz CT molecular complexity index is 1010. The summed E-state index contributed by atoms with van der Waals surface area (Å²) in [7, 11) is 1.71. The SMILES string of the molecule is COc1ccc2[nH]c3c(c2c1)C1CCN(C1)C3C(=O)OC12CC3CC(CC(C3)C1)C2.Cl. The van der Waals surface area contributed by atoms with Crippen LogP contribution in [0.15, 0.2) is 18.2 Å². The van der Waals surface area contributed by atoms with Crippen molar-refractivity contribution in [3.05, 3.63) is 29.5 Å². The molecule has 1 N–H and O–H groups in total. The van der Waals surface area contributed by atoms with Crippen LogP contribution < -0.4 is 4.74 Å². The molecule has 4 saturated carbocycles. The number of nitrogens with zero attached hydrogens (tertiary/aromatic N) is 1. The summed E-state index contributed by atoms with van der Waals surface area (Å²) in [4.78, 5) is 19.7. The Labute approximate surface area is 189 Å². The van der Waals surface area contributed by atoms with Gasteiger partial charge in [0.05, 0.1) is 7.11 Å². The summed E-state index contributed by atoms with van der Waals surface area (Å²) in [5, 5.41) is 1.21. The van der Waals surface area contributed by atoms with E-state index in [4.69, 9.17) is 9.47 Å². The first-order valence-electron chi connectivity index (χ1n) is 11.8. The molecule has 6 bridgehead atoms. The van der Waals surface area contributed by atoms with E-state index in [1.54, 1.807) is 7.11 Å². The zero-order chi connectivity index (χ0) is 20.0. The van der Waals surface area contributed by atoms with Crippen LogP contribution in [0.2, 0.25) is 0 Å². The lowest BCUT2D eigenvalue weighted by Crippen LogP contribution is -2.54. The monoisotopic (exact) mass is 442 g/mol. The van der Waals surface area contributed by atoms with E-state index in [0.29, 0.717) is 5.92 Å². The van der Waals surface area contributed by atoms with Gasteiger partial charge in [0, 0.05) is 29.1 Å². The Morgan fingerprint density at radius 3 is 2.52 bits per heavy atom. The van der Waals surface area contributed by atoms with Crippen LogP contribution in [0, 0.1) is 17.8 Å². The lowest BCUT2D eigenvalue weighted by Gasteiger charge is -2.56. The Balaban J connectivity index is 0.00000185. The summed E-state index contributed by atoms with van der Waals surface area (Å²) in [5.41, 5.74) is 3.31. The minimum atomic E-state index is -0.287. The molecular weight excluding hydrogens is 412 g/mol. The summed E-state index contributed by atoms with van der Waals surface area (Å²) in [6.45, 7) is 1.93. The van der Waals surface area contributed by atoms with E-state index < -0.39 is 0 Å². The Kier molecular flexibility index (Phi) is 4.43. The molecule has 0 spiro atoms. The van der Waals surface area contributed by atoms with Gasteiger partial charge in [0.2, 0.25) is 0 Å². The van der Waals surface area contributed by atoms with E-state index in [1.807, 2.05) is 6.07 Å². The molecule has 6 heteroatoms. The lowest BCUT2D eigenvalue weighted by molar-refractivity contribution is -0.192. The third-order valence-electron chi connectivity index (χ3n) is 8.87. The molecule has 3 heterocycles. The maximum atomic E-state index is 13.7. The van der Waals surface area contributed by atoms with Crippen molar-refractivity contribution >= 4 is 29.3 Å². The van der Waals surface area contributed by atoms with Gasteiger partial charge >= 0.3 is 5.97 Å². The van der Waals surface area contributed by atoms with E-state index in [2.05, 4.69) is 22.0 Å². The van der Waals surface area contributed by atoms with Crippen LogP contribution in [0.4, 0.5) is 0 Å². The number of H-pyrrole nitrogens is 1. The van der Waals surface area contributed by atoms with Gasteiger partial charge in [-0.1, -0.05) is 0 Å². The van der Waals surface area contributed by atoms with Crippen molar-refractivity contribution in [3.8, 4) is 5.75 Å². The molecule has 4 aliphatic carbocycles. The number of hydrogen-bond acceptors (Lipinski definition) is 4. The zero-order valence-corrected chi connectivity index (χ0v) is 18.9. The summed E-state index contributed by atoms with van der Waals surface area (Å²) in [5.74, 6) is 3.69. The third kappa shape index (κ3) is 2.88. The van der Waals surface area contributed by atoms with Gasteiger partial charge in [-0.25, -0.2) is 4.79 Å². The number of rotatable bonds is 3. The molecule has 0 radical (unpaired) electrons. The van der Waals surface area contributed by atoms with Crippen LogP contribution in [0.3, 0.4) is 0 Å². The molecule has 3 atom stereocenters. The van der Waals surface area contributed by atoms with Crippen LogP contribution in [0.25, 0.3) is 10.9 Å². The summed E-state index contributed by atoms with van der Waals surface area (Å²) in [6, 6.07) is 5.91. The Morgan fingerprint density at radius 2 is 1.84 bits per heavy atom. The number of esters is 1. The van der Waals surface area contributed by atoms with E-state index in [0.717, 1.165) is 73.5 Å². The first-order valence-corrected chi connectivity index (χ1v) is 11.8. The Morgan fingerprint density at radius 1 is 1.13 bits per heavy atom. The first kappa shape index (κ1) is 19.9. The highest BCUT2D eigenvalue weighted by molar-refractivity contribution is 5.90. The van der Waals surface area contributed by atoms with Crippen molar-refractivity contribution in [2.75, 3.05) is 20.2 Å². The van der Waals surface area contributed by atoms with E-state index in [9.17, 15) is 4.79 Å². The number of aromatic amines is 1. The molecule has 3 unspecified atom stereocenters. The summed E-state index contributed by atoms with van der Waals surface area (Å²) < 4.78 is 12.0. The smallest absolute Gasteiger partial charge is 0.330 e. The zero-order valence-electron chi connectivity index (χ0n) is 18.1.